The topological polar surface area (TPSA) is 178 Å². The maximum Gasteiger partial charge on any atom is 0.294 e. The van der Waals surface area contributed by atoms with Gasteiger partial charge in [-0.2, -0.15) is 0 Å². The number of aliphatic hydroxyl groups is 3. The number of imidazole rings is 1. The first-order valence-electron chi connectivity index (χ1n) is 8.85. The number of hydrogen-bond acceptors (Lipinski definition) is 11. The molecule has 0 bridgehead atoms. The molecule has 1 saturated carbocycles. The highest BCUT2D eigenvalue weighted by atomic mass is 17.0. The second-order valence-corrected chi connectivity index (χ2v) is 6.92. The van der Waals surface area contributed by atoms with E-state index >= 15 is 0 Å². The molecule has 2 aromatic rings. The summed E-state index contributed by atoms with van der Waals surface area (Å²) in [5, 5.41) is 42.7. The quantitative estimate of drug-likeness (QED) is 0.347. The summed E-state index contributed by atoms with van der Waals surface area (Å²) in [4.78, 5) is 27.3. The van der Waals surface area contributed by atoms with Crippen LogP contribution < -0.4 is 5.32 Å². The number of rotatable bonds is 6. The number of ether oxygens (including phenoxy) is 1. The standard InChI is InChI=1S/C15H20N6O7/c22-8-2-1-7(3-8)19-13-10-14(17-5-16-13)20(6-18-10)15-12(24)11(23)9(28-15)4-27-21(25)26/h5-9,11-12,15,22-24H,1-4H2,(H,16,17,19)/t7-,8+,9-,11-,12-,15-/m1/s1. The number of hydrogen-bond donors (Lipinski definition) is 4. The van der Waals surface area contributed by atoms with Crippen LogP contribution in [0.25, 0.3) is 11.2 Å². The van der Waals surface area contributed by atoms with Gasteiger partial charge in [0.2, 0.25) is 0 Å². The molecule has 0 radical (unpaired) electrons. The van der Waals surface area contributed by atoms with Crippen molar-refractivity contribution < 1.29 is 30.0 Å². The lowest BCUT2D eigenvalue weighted by molar-refractivity contribution is -0.759. The second-order valence-electron chi connectivity index (χ2n) is 6.92. The molecule has 1 saturated heterocycles. The molecule has 2 fully saturated rings. The molecule has 1 aliphatic heterocycles. The number of aromatic nitrogens is 4. The first-order chi connectivity index (χ1) is 13.4. The van der Waals surface area contributed by atoms with E-state index in [2.05, 4.69) is 25.1 Å². The minimum absolute atomic E-state index is 0.0667. The van der Waals surface area contributed by atoms with Gasteiger partial charge in [-0.25, -0.2) is 15.0 Å². The third-order valence-electron chi connectivity index (χ3n) is 5.06. The van der Waals surface area contributed by atoms with Crippen molar-refractivity contribution >= 4 is 17.0 Å². The molecule has 152 valence electrons. The fraction of sp³-hybridized carbons (Fsp3) is 0.667. The van der Waals surface area contributed by atoms with Crippen LogP contribution in [0.1, 0.15) is 25.5 Å². The van der Waals surface area contributed by atoms with E-state index in [-0.39, 0.29) is 12.1 Å². The summed E-state index contributed by atoms with van der Waals surface area (Å²) in [5.74, 6) is 0.490. The van der Waals surface area contributed by atoms with Gasteiger partial charge in [-0.05, 0) is 19.3 Å². The Labute approximate surface area is 158 Å². The number of anilines is 1. The van der Waals surface area contributed by atoms with Crippen molar-refractivity contribution in [3.63, 3.8) is 0 Å². The summed E-state index contributed by atoms with van der Waals surface area (Å²) in [7, 11) is 0. The zero-order valence-electron chi connectivity index (χ0n) is 14.7. The Morgan fingerprint density at radius 3 is 2.82 bits per heavy atom. The lowest BCUT2D eigenvalue weighted by Gasteiger charge is -2.17. The smallest absolute Gasteiger partial charge is 0.294 e. The summed E-state index contributed by atoms with van der Waals surface area (Å²) < 4.78 is 6.99. The average molecular weight is 396 g/mol. The van der Waals surface area contributed by atoms with Crippen molar-refractivity contribution in [1.29, 1.82) is 0 Å². The Balaban J connectivity index is 1.56. The molecule has 2 aromatic heterocycles. The molecule has 0 spiro atoms. The van der Waals surface area contributed by atoms with Crippen molar-refractivity contribution in [1.82, 2.24) is 19.5 Å². The molecular formula is C15H20N6O7. The van der Waals surface area contributed by atoms with Crippen LogP contribution >= 0.6 is 0 Å². The molecule has 6 atom stereocenters. The van der Waals surface area contributed by atoms with Gasteiger partial charge in [-0.3, -0.25) is 4.57 Å². The van der Waals surface area contributed by atoms with Gasteiger partial charge in [0, 0.05) is 6.04 Å². The SMILES string of the molecule is O=[N+]([O-])OC[C@H]1O[C@@H](n2cnc3c(N[C@@H]4CC[C@H](O)C4)ncnc32)[C@H](O)[C@@H]1O. The first-order valence-corrected chi connectivity index (χ1v) is 8.85. The molecule has 0 unspecified atom stereocenters. The van der Waals surface area contributed by atoms with Gasteiger partial charge in [0.25, 0.3) is 5.09 Å². The molecule has 2 aliphatic rings. The van der Waals surface area contributed by atoms with Gasteiger partial charge < -0.3 is 30.2 Å². The molecule has 0 amide bonds. The predicted molar refractivity (Wildman–Crippen MR) is 91.5 cm³/mol. The van der Waals surface area contributed by atoms with Crippen LogP contribution in [-0.2, 0) is 9.57 Å². The second kappa shape index (κ2) is 7.43. The Kier molecular flexibility index (Phi) is 4.97. The normalized spacial score (nSPS) is 32.7. The molecule has 0 aromatic carbocycles. The van der Waals surface area contributed by atoms with E-state index in [1.165, 1.54) is 17.2 Å². The van der Waals surface area contributed by atoms with Gasteiger partial charge in [0.05, 0.1) is 12.4 Å². The minimum atomic E-state index is -1.37. The molecule has 13 nitrogen and oxygen atoms in total. The predicted octanol–water partition coefficient (Wildman–Crippen LogP) is -1.02. The summed E-state index contributed by atoms with van der Waals surface area (Å²) >= 11 is 0. The van der Waals surface area contributed by atoms with Crippen molar-refractivity contribution in [2.75, 3.05) is 11.9 Å². The molecule has 4 N–H and O–H groups in total. The molecular weight excluding hydrogens is 376 g/mol. The van der Waals surface area contributed by atoms with E-state index in [0.717, 1.165) is 6.42 Å². The highest BCUT2D eigenvalue weighted by Crippen LogP contribution is 2.33. The van der Waals surface area contributed by atoms with E-state index < -0.39 is 36.2 Å². The van der Waals surface area contributed by atoms with Gasteiger partial charge in [0.15, 0.2) is 23.2 Å². The van der Waals surface area contributed by atoms with Crippen LogP contribution in [-0.4, -0.2) is 77.0 Å². The lowest BCUT2D eigenvalue weighted by Crippen LogP contribution is -2.34. The summed E-state index contributed by atoms with van der Waals surface area (Å²) in [6, 6.07) is 0.0667. The summed E-state index contributed by atoms with van der Waals surface area (Å²) in [6.07, 6.45) is -0.328. The van der Waals surface area contributed by atoms with Crippen molar-refractivity contribution in [3.05, 3.63) is 22.8 Å². The van der Waals surface area contributed by atoms with Gasteiger partial charge >= 0.3 is 0 Å². The minimum Gasteiger partial charge on any atom is -0.393 e. The van der Waals surface area contributed by atoms with Gasteiger partial charge in [-0.15, -0.1) is 10.1 Å². The maximum atomic E-state index is 10.4. The zero-order valence-corrected chi connectivity index (χ0v) is 14.7. The molecule has 1 aliphatic carbocycles. The summed E-state index contributed by atoms with van der Waals surface area (Å²) in [5.41, 5.74) is 0.808. The van der Waals surface area contributed by atoms with Crippen LogP contribution in [0.15, 0.2) is 12.7 Å². The largest absolute Gasteiger partial charge is 0.393 e. The van der Waals surface area contributed by atoms with Crippen LogP contribution in [0.4, 0.5) is 5.82 Å². The first kappa shape index (κ1) is 18.7. The third kappa shape index (κ3) is 3.44. The maximum absolute atomic E-state index is 10.4. The summed E-state index contributed by atoms with van der Waals surface area (Å²) in [6.45, 7) is -0.514. The van der Waals surface area contributed by atoms with E-state index in [9.17, 15) is 25.4 Å². The highest BCUT2D eigenvalue weighted by molar-refractivity contribution is 5.82. The van der Waals surface area contributed by atoms with Gasteiger partial charge in [0.1, 0.15) is 31.2 Å². The van der Waals surface area contributed by atoms with Crippen LogP contribution in [0.5, 0.6) is 0 Å². The monoisotopic (exact) mass is 396 g/mol. The number of nitrogens with one attached hydrogen (secondary N) is 1. The van der Waals surface area contributed by atoms with Crippen molar-refractivity contribution in [2.24, 2.45) is 0 Å². The lowest BCUT2D eigenvalue weighted by atomic mass is 10.1. The fourth-order valence-electron chi connectivity index (χ4n) is 3.66. The van der Waals surface area contributed by atoms with Crippen LogP contribution in [0.2, 0.25) is 0 Å². The Bertz CT molecular complexity index is 863. The van der Waals surface area contributed by atoms with Crippen LogP contribution in [0, 0.1) is 10.1 Å². The molecule has 3 heterocycles. The molecule has 4 rings (SSSR count). The van der Waals surface area contributed by atoms with E-state index in [1.807, 2.05) is 0 Å². The number of aliphatic hydroxyl groups excluding tert-OH is 3. The van der Waals surface area contributed by atoms with Gasteiger partial charge in [-0.1, -0.05) is 0 Å². The van der Waals surface area contributed by atoms with E-state index in [0.29, 0.717) is 29.8 Å². The molecule has 13 heteroatoms. The van der Waals surface area contributed by atoms with Crippen molar-refractivity contribution in [2.45, 2.75) is 55.9 Å². The highest BCUT2D eigenvalue weighted by Gasteiger charge is 2.44. The Hall–Kier alpha value is -2.61. The fourth-order valence-corrected chi connectivity index (χ4v) is 3.66. The Morgan fingerprint density at radius 2 is 2.11 bits per heavy atom. The zero-order chi connectivity index (χ0) is 19.8. The molecule has 28 heavy (non-hydrogen) atoms. The van der Waals surface area contributed by atoms with E-state index in [4.69, 9.17) is 4.74 Å². The van der Waals surface area contributed by atoms with E-state index in [1.54, 1.807) is 0 Å². The average Bonchev–Trinajstić information content (AvgIpc) is 3.34. The van der Waals surface area contributed by atoms with Crippen molar-refractivity contribution in [3.8, 4) is 0 Å². The Morgan fingerprint density at radius 1 is 1.29 bits per heavy atom. The third-order valence-corrected chi connectivity index (χ3v) is 5.06. The van der Waals surface area contributed by atoms with Crippen LogP contribution in [0.3, 0.4) is 0 Å². The number of nitrogens with zero attached hydrogens (tertiary/aromatic N) is 5. The number of fused-ring (bicyclic) bond motifs is 1.